The number of methoxy groups -OCH3 is 1. The van der Waals surface area contributed by atoms with E-state index in [1.807, 2.05) is 78.2 Å². The number of fused-ring (bicyclic) bond motifs is 1. The van der Waals surface area contributed by atoms with E-state index in [2.05, 4.69) is 5.32 Å². The van der Waals surface area contributed by atoms with Crippen LogP contribution in [0.15, 0.2) is 89.2 Å². The summed E-state index contributed by atoms with van der Waals surface area (Å²) in [5, 5.41) is 5.42. The Labute approximate surface area is 244 Å². The van der Waals surface area contributed by atoms with Gasteiger partial charge in [-0.1, -0.05) is 66.7 Å². The monoisotopic (exact) mass is 593 g/mol. The quantitative estimate of drug-likeness (QED) is 0.208. The zero-order valence-corrected chi connectivity index (χ0v) is 23.6. The first-order valence-corrected chi connectivity index (χ1v) is 14.4. The SMILES string of the molecule is CO[C@@]1(NC(=O)Cc2cccs2)C(=O)N2C(C(=O)OC(c3ccccc3)c3ccccc3)C(COC(N)=O)=CS[C@@H]21. The molecule has 3 N–H and O–H groups in total. The minimum absolute atomic E-state index is 0.0717. The van der Waals surface area contributed by atoms with Crippen molar-refractivity contribution in [3.8, 4) is 0 Å². The number of β-lactam (4-membered cyclic amide) rings is 1. The molecule has 212 valence electrons. The van der Waals surface area contributed by atoms with Crippen LogP contribution in [0, 0.1) is 0 Å². The Morgan fingerprint density at radius 1 is 1.02 bits per heavy atom. The van der Waals surface area contributed by atoms with E-state index in [4.69, 9.17) is 19.9 Å². The van der Waals surface area contributed by atoms with Crippen LogP contribution in [0.5, 0.6) is 0 Å². The third-order valence-corrected chi connectivity index (χ3v) is 8.87. The van der Waals surface area contributed by atoms with Gasteiger partial charge in [-0.15, -0.1) is 23.1 Å². The summed E-state index contributed by atoms with van der Waals surface area (Å²) in [4.78, 5) is 54.0. The second-order valence-corrected chi connectivity index (χ2v) is 11.3. The normalized spacial score (nSPS) is 21.4. The number of thiophene rings is 1. The molecule has 0 aliphatic carbocycles. The molecule has 10 nitrogen and oxygen atoms in total. The Kier molecular flexibility index (Phi) is 8.43. The third-order valence-electron chi connectivity index (χ3n) is 6.74. The first-order chi connectivity index (χ1) is 19.8. The number of rotatable bonds is 10. The maximum absolute atomic E-state index is 13.9. The number of carbonyl (C=O) groups is 4. The van der Waals surface area contributed by atoms with Crippen molar-refractivity contribution in [1.82, 2.24) is 10.2 Å². The first kappa shape index (κ1) is 28.4. The van der Waals surface area contributed by atoms with E-state index in [9.17, 15) is 19.2 Å². The molecule has 3 heterocycles. The molecule has 1 fully saturated rings. The molecule has 2 aliphatic heterocycles. The van der Waals surface area contributed by atoms with E-state index in [0.29, 0.717) is 5.57 Å². The molecule has 3 atom stereocenters. The third kappa shape index (κ3) is 5.71. The van der Waals surface area contributed by atoms with E-state index in [1.54, 1.807) is 5.41 Å². The lowest BCUT2D eigenvalue weighted by molar-refractivity contribution is -0.203. The van der Waals surface area contributed by atoms with E-state index >= 15 is 0 Å². The van der Waals surface area contributed by atoms with Gasteiger partial charge in [0.15, 0.2) is 12.1 Å². The number of esters is 1. The summed E-state index contributed by atoms with van der Waals surface area (Å²) in [6.45, 7) is -0.329. The Bertz CT molecular complexity index is 1410. The average Bonchev–Trinajstić information content (AvgIpc) is 3.50. The Hall–Kier alpha value is -4.13. The number of ether oxygens (including phenoxy) is 3. The molecule has 0 saturated carbocycles. The van der Waals surface area contributed by atoms with Gasteiger partial charge in [0.25, 0.3) is 11.6 Å². The summed E-state index contributed by atoms with van der Waals surface area (Å²) < 4.78 is 16.7. The summed E-state index contributed by atoms with van der Waals surface area (Å²) in [6.07, 6.45) is -1.73. The maximum atomic E-state index is 13.9. The molecular formula is C29H27N3O7S2. The molecule has 41 heavy (non-hydrogen) atoms. The number of hydrogen-bond acceptors (Lipinski definition) is 9. The van der Waals surface area contributed by atoms with Crippen molar-refractivity contribution in [2.75, 3.05) is 13.7 Å². The molecule has 5 rings (SSSR count). The highest BCUT2D eigenvalue weighted by Gasteiger charge is 2.67. The van der Waals surface area contributed by atoms with Gasteiger partial charge >= 0.3 is 12.1 Å². The molecule has 1 saturated heterocycles. The molecule has 0 spiro atoms. The van der Waals surface area contributed by atoms with Gasteiger partial charge in [-0.05, 0) is 28.0 Å². The lowest BCUT2D eigenvalue weighted by Crippen LogP contribution is -2.83. The topological polar surface area (TPSA) is 137 Å². The zero-order valence-electron chi connectivity index (χ0n) is 21.9. The van der Waals surface area contributed by atoms with Crippen molar-refractivity contribution in [2.45, 2.75) is 29.7 Å². The number of nitrogens with zero attached hydrogens (tertiary/aromatic N) is 1. The van der Waals surface area contributed by atoms with E-state index in [-0.39, 0.29) is 13.0 Å². The van der Waals surface area contributed by atoms with Crippen LogP contribution in [0.3, 0.4) is 0 Å². The second-order valence-electron chi connectivity index (χ2n) is 9.29. The Balaban J connectivity index is 1.43. The van der Waals surface area contributed by atoms with E-state index in [0.717, 1.165) is 27.8 Å². The van der Waals surface area contributed by atoms with Gasteiger partial charge in [0.1, 0.15) is 12.0 Å². The number of benzene rings is 2. The highest BCUT2D eigenvalue weighted by molar-refractivity contribution is 8.03. The largest absolute Gasteiger partial charge is 0.451 e. The van der Waals surface area contributed by atoms with Crippen LogP contribution >= 0.6 is 23.1 Å². The smallest absolute Gasteiger partial charge is 0.404 e. The minimum Gasteiger partial charge on any atom is -0.451 e. The van der Waals surface area contributed by atoms with Crippen LogP contribution in [-0.2, 0) is 35.0 Å². The van der Waals surface area contributed by atoms with Gasteiger partial charge in [-0.3, -0.25) is 9.59 Å². The number of amides is 3. The van der Waals surface area contributed by atoms with Crippen molar-refractivity contribution in [1.29, 1.82) is 0 Å². The summed E-state index contributed by atoms with van der Waals surface area (Å²) in [6, 6.07) is 20.8. The average molecular weight is 594 g/mol. The molecule has 0 bridgehead atoms. The van der Waals surface area contributed by atoms with Crippen LogP contribution in [0.1, 0.15) is 22.1 Å². The van der Waals surface area contributed by atoms with Gasteiger partial charge in [-0.2, -0.15) is 0 Å². The van der Waals surface area contributed by atoms with Crippen LogP contribution in [0.4, 0.5) is 4.79 Å². The Morgan fingerprint density at radius 3 is 2.24 bits per heavy atom. The number of hydrogen-bond donors (Lipinski definition) is 2. The van der Waals surface area contributed by atoms with E-state index in [1.165, 1.54) is 23.3 Å². The van der Waals surface area contributed by atoms with Gasteiger partial charge in [0.05, 0.1) is 6.42 Å². The fourth-order valence-electron chi connectivity index (χ4n) is 4.82. The van der Waals surface area contributed by atoms with Gasteiger partial charge < -0.3 is 30.2 Å². The lowest BCUT2D eigenvalue weighted by atomic mass is 9.94. The van der Waals surface area contributed by atoms with Crippen LogP contribution < -0.4 is 11.1 Å². The molecule has 2 aliphatic rings. The van der Waals surface area contributed by atoms with Crippen molar-refractivity contribution in [2.24, 2.45) is 5.73 Å². The van der Waals surface area contributed by atoms with Crippen molar-refractivity contribution in [3.63, 3.8) is 0 Å². The van der Waals surface area contributed by atoms with Crippen molar-refractivity contribution < 1.29 is 33.4 Å². The fourth-order valence-corrected chi connectivity index (χ4v) is 6.82. The second kappa shape index (κ2) is 12.2. The van der Waals surface area contributed by atoms with Crippen molar-refractivity contribution in [3.05, 3.63) is 105 Å². The summed E-state index contributed by atoms with van der Waals surface area (Å²) >= 11 is 2.58. The van der Waals surface area contributed by atoms with Gasteiger partial charge in [0.2, 0.25) is 5.91 Å². The molecule has 3 amide bonds. The predicted molar refractivity (Wildman–Crippen MR) is 152 cm³/mol. The molecule has 0 radical (unpaired) electrons. The molecule has 2 aromatic carbocycles. The predicted octanol–water partition coefficient (Wildman–Crippen LogP) is 3.35. The van der Waals surface area contributed by atoms with Crippen molar-refractivity contribution >= 4 is 47.0 Å². The van der Waals surface area contributed by atoms with E-state index < -0.39 is 47.1 Å². The molecule has 1 unspecified atom stereocenters. The van der Waals surface area contributed by atoms with Crippen LogP contribution in [0.2, 0.25) is 0 Å². The summed E-state index contributed by atoms with van der Waals surface area (Å²) in [7, 11) is 1.32. The first-order valence-electron chi connectivity index (χ1n) is 12.6. The maximum Gasteiger partial charge on any atom is 0.404 e. The number of carbonyl (C=O) groups excluding carboxylic acids is 4. The molecular weight excluding hydrogens is 566 g/mol. The highest BCUT2D eigenvalue weighted by atomic mass is 32.2. The van der Waals surface area contributed by atoms with Gasteiger partial charge in [-0.25, -0.2) is 9.59 Å². The fraction of sp³-hybridized carbons (Fsp3) is 0.241. The molecule has 1 aromatic heterocycles. The van der Waals surface area contributed by atoms with Crippen LogP contribution in [0.25, 0.3) is 0 Å². The number of primary amides is 1. The molecule has 12 heteroatoms. The zero-order chi connectivity index (χ0) is 29.0. The number of nitrogens with two attached hydrogens (primary N) is 1. The number of nitrogens with one attached hydrogen (secondary N) is 1. The lowest BCUT2D eigenvalue weighted by Gasteiger charge is -2.57. The van der Waals surface area contributed by atoms with Crippen LogP contribution in [-0.4, -0.2) is 59.6 Å². The minimum atomic E-state index is -1.69. The molecule has 3 aromatic rings. The highest BCUT2D eigenvalue weighted by Crippen LogP contribution is 2.47. The Morgan fingerprint density at radius 2 is 1.68 bits per heavy atom. The van der Waals surface area contributed by atoms with Gasteiger partial charge in [0, 0.05) is 17.6 Å². The standard InChI is InChI=1S/C29H27N3O7S2/c1-37-29(31-22(33)15-21-13-8-14-40-21)26(35)32-23(20(16-38-28(30)36)17-41-27(29)32)25(34)39-24(18-9-4-2-5-10-18)19-11-6-3-7-12-19/h2-14,17,23-24,27H,15-16H2,1H3,(H2,30,36)(H,31,33)/t23?,27-,29+/m1/s1. The summed E-state index contributed by atoms with van der Waals surface area (Å²) in [5.41, 5.74) is 5.26. The summed E-state index contributed by atoms with van der Waals surface area (Å²) in [5.74, 6) is -1.77. The number of thioether (sulfide) groups is 1.